The molecule has 0 fully saturated rings. The van der Waals surface area contributed by atoms with Gasteiger partial charge < -0.3 is 5.73 Å². The van der Waals surface area contributed by atoms with Crippen molar-refractivity contribution in [2.75, 3.05) is 5.73 Å². The van der Waals surface area contributed by atoms with Gasteiger partial charge in [0, 0.05) is 16.8 Å². The molecule has 0 radical (unpaired) electrons. The zero-order chi connectivity index (χ0) is 14.0. The van der Waals surface area contributed by atoms with Crippen molar-refractivity contribution in [1.29, 1.82) is 0 Å². The van der Waals surface area contributed by atoms with Crippen LogP contribution in [0.2, 0.25) is 0 Å². The van der Waals surface area contributed by atoms with Crippen LogP contribution in [-0.4, -0.2) is 5.78 Å². The number of ketones is 1. The van der Waals surface area contributed by atoms with Gasteiger partial charge in [-0.1, -0.05) is 49.7 Å². The molecule has 0 amide bonds. The van der Waals surface area contributed by atoms with Crippen LogP contribution >= 0.6 is 0 Å². The van der Waals surface area contributed by atoms with Gasteiger partial charge in [-0.2, -0.15) is 0 Å². The number of anilines is 1. The third-order valence-electron chi connectivity index (χ3n) is 3.29. The molecule has 2 rings (SSSR count). The number of carbonyl (C=O) groups is 1. The number of hydrogen-bond acceptors (Lipinski definition) is 2. The zero-order valence-electron chi connectivity index (χ0n) is 11.6. The monoisotopic (exact) mass is 253 g/mol. The number of carbonyl (C=O) groups excluding carboxylic acids is 1. The van der Waals surface area contributed by atoms with Gasteiger partial charge in [-0.3, -0.25) is 4.79 Å². The predicted molar refractivity (Wildman–Crippen MR) is 79.6 cm³/mol. The summed E-state index contributed by atoms with van der Waals surface area (Å²) < 4.78 is 0. The Morgan fingerprint density at radius 3 is 2.26 bits per heavy atom. The van der Waals surface area contributed by atoms with Gasteiger partial charge in [0.15, 0.2) is 5.78 Å². The van der Waals surface area contributed by atoms with Gasteiger partial charge in [-0.25, -0.2) is 0 Å². The number of rotatable bonds is 3. The summed E-state index contributed by atoms with van der Waals surface area (Å²) in [6, 6.07) is 13.3. The maximum Gasteiger partial charge on any atom is 0.195 e. The smallest absolute Gasteiger partial charge is 0.195 e. The molecular formula is C17H19NO. The Kier molecular flexibility index (Phi) is 3.70. The van der Waals surface area contributed by atoms with E-state index in [0.717, 1.165) is 5.56 Å². The third-order valence-corrected chi connectivity index (χ3v) is 3.29. The highest BCUT2D eigenvalue weighted by molar-refractivity contribution is 6.12. The van der Waals surface area contributed by atoms with Crippen molar-refractivity contribution in [2.45, 2.75) is 26.7 Å². The van der Waals surface area contributed by atoms with Gasteiger partial charge in [0.05, 0.1) is 0 Å². The Morgan fingerprint density at radius 2 is 1.68 bits per heavy atom. The lowest BCUT2D eigenvalue weighted by atomic mass is 9.96. The van der Waals surface area contributed by atoms with Gasteiger partial charge in [0.1, 0.15) is 0 Å². The largest absolute Gasteiger partial charge is 0.398 e. The van der Waals surface area contributed by atoms with Crippen molar-refractivity contribution in [2.24, 2.45) is 0 Å². The van der Waals surface area contributed by atoms with Crippen molar-refractivity contribution in [1.82, 2.24) is 0 Å². The van der Waals surface area contributed by atoms with E-state index in [1.54, 1.807) is 6.07 Å². The van der Waals surface area contributed by atoms with Crippen LogP contribution < -0.4 is 5.73 Å². The van der Waals surface area contributed by atoms with Crippen LogP contribution in [0.1, 0.15) is 46.8 Å². The van der Waals surface area contributed by atoms with Crippen LogP contribution in [0.15, 0.2) is 42.5 Å². The van der Waals surface area contributed by atoms with Crippen LogP contribution in [0.5, 0.6) is 0 Å². The summed E-state index contributed by atoms with van der Waals surface area (Å²) in [7, 11) is 0. The van der Waals surface area contributed by atoms with E-state index in [0.29, 0.717) is 22.7 Å². The summed E-state index contributed by atoms with van der Waals surface area (Å²) in [5.74, 6) is 0.449. The molecule has 0 unspecified atom stereocenters. The minimum atomic E-state index is -0.0171. The van der Waals surface area contributed by atoms with E-state index < -0.39 is 0 Å². The molecular weight excluding hydrogens is 234 g/mol. The molecule has 0 aliphatic heterocycles. The number of hydrogen-bond donors (Lipinski definition) is 1. The minimum absolute atomic E-state index is 0.0171. The molecule has 19 heavy (non-hydrogen) atoms. The summed E-state index contributed by atoms with van der Waals surface area (Å²) in [6.45, 7) is 6.23. The first-order valence-corrected chi connectivity index (χ1v) is 6.50. The molecule has 98 valence electrons. The molecule has 0 aliphatic carbocycles. The van der Waals surface area contributed by atoms with E-state index in [1.165, 1.54) is 5.56 Å². The van der Waals surface area contributed by atoms with E-state index in [4.69, 9.17) is 5.73 Å². The standard InChI is InChI=1S/C17H19NO/c1-11(2)13-5-7-14(8-6-13)17(19)15-10-12(3)4-9-16(15)18/h4-11H,18H2,1-3H3. The van der Waals surface area contributed by atoms with Crippen LogP contribution in [0.4, 0.5) is 5.69 Å². The van der Waals surface area contributed by atoms with Crippen LogP contribution in [0.25, 0.3) is 0 Å². The number of nitrogens with two attached hydrogens (primary N) is 1. The van der Waals surface area contributed by atoms with Crippen molar-refractivity contribution in [3.63, 3.8) is 0 Å². The second-order valence-electron chi connectivity index (χ2n) is 5.20. The fourth-order valence-corrected chi connectivity index (χ4v) is 2.04. The third kappa shape index (κ3) is 2.84. The summed E-state index contributed by atoms with van der Waals surface area (Å²) in [5, 5.41) is 0. The van der Waals surface area contributed by atoms with Crippen molar-refractivity contribution in [3.8, 4) is 0 Å². The number of nitrogen functional groups attached to an aromatic ring is 1. The average molecular weight is 253 g/mol. The highest BCUT2D eigenvalue weighted by Gasteiger charge is 2.12. The minimum Gasteiger partial charge on any atom is -0.398 e. The van der Waals surface area contributed by atoms with Gasteiger partial charge in [0.25, 0.3) is 0 Å². The number of aryl methyl sites for hydroxylation is 1. The normalized spacial score (nSPS) is 10.7. The summed E-state index contributed by atoms with van der Waals surface area (Å²) in [6.07, 6.45) is 0. The SMILES string of the molecule is Cc1ccc(N)c(C(=O)c2ccc(C(C)C)cc2)c1. The second-order valence-corrected chi connectivity index (χ2v) is 5.20. The lowest BCUT2D eigenvalue weighted by Crippen LogP contribution is -2.06. The Labute approximate surface area is 114 Å². The Hall–Kier alpha value is -2.09. The highest BCUT2D eigenvalue weighted by atomic mass is 16.1. The Morgan fingerprint density at radius 1 is 1.05 bits per heavy atom. The van der Waals surface area contributed by atoms with E-state index >= 15 is 0 Å². The molecule has 0 saturated heterocycles. The van der Waals surface area contributed by atoms with E-state index in [2.05, 4.69) is 13.8 Å². The van der Waals surface area contributed by atoms with E-state index in [9.17, 15) is 4.79 Å². The average Bonchev–Trinajstić information content (AvgIpc) is 2.41. The van der Waals surface area contributed by atoms with Crippen LogP contribution in [0.3, 0.4) is 0 Å². The van der Waals surface area contributed by atoms with Crippen LogP contribution in [-0.2, 0) is 0 Å². The lowest BCUT2D eigenvalue weighted by molar-refractivity contribution is 0.103. The maximum absolute atomic E-state index is 12.4. The fourth-order valence-electron chi connectivity index (χ4n) is 2.04. The molecule has 2 aromatic rings. The fraction of sp³-hybridized carbons (Fsp3) is 0.235. The molecule has 0 aromatic heterocycles. The van der Waals surface area contributed by atoms with Gasteiger partial charge in [-0.05, 0) is 30.5 Å². The molecule has 0 spiro atoms. The number of benzene rings is 2. The van der Waals surface area contributed by atoms with Crippen molar-refractivity contribution < 1.29 is 4.79 Å². The molecule has 2 nitrogen and oxygen atoms in total. The van der Waals surface area contributed by atoms with Crippen LogP contribution in [0, 0.1) is 6.92 Å². The van der Waals surface area contributed by atoms with Gasteiger partial charge in [-0.15, -0.1) is 0 Å². The molecule has 0 heterocycles. The van der Waals surface area contributed by atoms with Crippen molar-refractivity contribution >= 4 is 11.5 Å². The van der Waals surface area contributed by atoms with Gasteiger partial charge >= 0.3 is 0 Å². The van der Waals surface area contributed by atoms with Gasteiger partial charge in [0.2, 0.25) is 0 Å². The summed E-state index contributed by atoms with van der Waals surface area (Å²) >= 11 is 0. The highest BCUT2D eigenvalue weighted by Crippen LogP contribution is 2.20. The maximum atomic E-state index is 12.4. The lowest BCUT2D eigenvalue weighted by Gasteiger charge is -2.08. The predicted octanol–water partition coefficient (Wildman–Crippen LogP) is 3.93. The first kappa shape index (κ1) is 13.3. The van der Waals surface area contributed by atoms with E-state index in [1.807, 2.05) is 43.3 Å². The zero-order valence-corrected chi connectivity index (χ0v) is 11.6. The first-order valence-electron chi connectivity index (χ1n) is 6.50. The second kappa shape index (κ2) is 5.27. The van der Waals surface area contributed by atoms with E-state index in [-0.39, 0.29) is 5.78 Å². The summed E-state index contributed by atoms with van der Waals surface area (Å²) in [4.78, 5) is 12.4. The quantitative estimate of drug-likeness (QED) is 0.665. The topological polar surface area (TPSA) is 43.1 Å². The Balaban J connectivity index is 2.36. The molecule has 2 N–H and O–H groups in total. The van der Waals surface area contributed by atoms with Crippen molar-refractivity contribution in [3.05, 3.63) is 64.7 Å². The Bertz CT molecular complexity index is 597. The molecule has 2 heteroatoms. The molecule has 0 saturated carbocycles. The molecule has 2 aromatic carbocycles. The molecule has 0 aliphatic rings. The summed E-state index contributed by atoms with van der Waals surface area (Å²) in [5.41, 5.74) is 9.95. The molecule has 0 atom stereocenters. The molecule has 0 bridgehead atoms. The first-order chi connectivity index (χ1) is 8.99.